The summed E-state index contributed by atoms with van der Waals surface area (Å²) in [6.45, 7) is 3.87. The van der Waals surface area contributed by atoms with Crippen LogP contribution < -0.4 is 10.5 Å². The van der Waals surface area contributed by atoms with E-state index in [0.717, 1.165) is 5.56 Å². The van der Waals surface area contributed by atoms with Crippen LogP contribution in [0.25, 0.3) is 0 Å². The number of nitrogens with zero attached hydrogens (tertiary/aromatic N) is 1. The van der Waals surface area contributed by atoms with Crippen molar-refractivity contribution in [2.45, 2.75) is 6.92 Å². The topological polar surface area (TPSA) is 64.8 Å². The van der Waals surface area contributed by atoms with Crippen LogP contribution in [0.1, 0.15) is 15.9 Å². The molecule has 1 aromatic carbocycles. The zero-order valence-electron chi connectivity index (χ0n) is 11.8. The molecule has 0 bridgehead atoms. The largest absolute Gasteiger partial charge is 0.496 e. The number of rotatable bonds is 7. The Morgan fingerprint density at radius 2 is 2.05 bits per heavy atom. The summed E-state index contributed by atoms with van der Waals surface area (Å²) in [6, 6.07) is 5.55. The summed E-state index contributed by atoms with van der Waals surface area (Å²) in [5, 5.41) is 0. The lowest BCUT2D eigenvalue weighted by Crippen LogP contribution is -2.37. The third-order valence-electron chi connectivity index (χ3n) is 2.84. The smallest absolute Gasteiger partial charge is 0.257 e. The molecule has 0 aliphatic heterocycles. The van der Waals surface area contributed by atoms with E-state index in [0.29, 0.717) is 37.6 Å². The van der Waals surface area contributed by atoms with E-state index in [4.69, 9.17) is 15.2 Å². The van der Waals surface area contributed by atoms with Crippen molar-refractivity contribution in [3.8, 4) is 5.75 Å². The van der Waals surface area contributed by atoms with E-state index < -0.39 is 0 Å². The summed E-state index contributed by atoms with van der Waals surface area (Å²) < 4.78 is 10.3. The van der Waals surface area contributed by atoms with Gasteiger partial charge in [-0.15, -0.1) is 0 Å². The van der Waals surface area contributed by atoms with Gasteiger partial charge in [-0.3, -0.25) is 4.79 Å². The molecule has 0 aromatic heterocycles. The van der Waals surface area contributed by atoms with Crippen LogP contribution >= 0.6 is 0 Å². The molecule has 0 heterocycles. The third-order valence-corrected chi connectivity index (χ3v) is 2.84. The fourth-order valence-corrected chi connectivity index (χ4v) is 1.83. The van der Waals surface area contributed by atoms with Crippen LogP contribution in [-0.4, -0.2) is 51.3 Å². The monoisotopic (exact) mass is 266 g/mol. The van der Waals surface area contributed by atoms with Crippen molar-refractivity contribution >= 4 is 5.91 Å². The Morgan fingerprint density at radius 3 is 2.63 bits per heavy atom. The minimum atomic E-state index is -0.0805. The predicted octanol–water partition coefficient (Wildman–Crippen LogP) is 1.05. The van der Waals surface area contributed by atoms with Crippen molar-refractivity contribution in [3.63, 3.8) is 0 Å². The highest BCUT2D eigenvalue weighted by molar-refractivity contribution is 5.97. The van der Waals surface area contributed by atoms with Gasteiger partial charge in [0.25, 0.3) is 5.91 Å². The van der Waals surface area contributed by atoms with Crippen LogP contribution in [0.5, 0.6) is 5.75 Å². The minimum absolute atomic E-state index is 0.0805. The average molecular weight is 266 g/mol. The molecule has 106 valence electrons. The standard InChI is InChI=1S/C14H22N2O3/c1-11-4-5-13(19-3)12(10-11)14(17)16(7-6-15)8-9-18-2/h4-5,10H,6-9,15H2,1-3H3. The molecule has 0 aliphatic rings. The van der Waals surface area contributed by atoms with E-state index >= 15 is 0 Å². The van der Waals surface area contributed by atoms with Gasteiger partial charge in [0.2, 0.25) is 0 Å². The van der Waals surface area contributed by atoms with Gasteiger partial charge in [0.15, 0.2) is 0 Å². The van der Waals surface area contributed by atoms with Crippen LogP contribution in [0.2, 0.25) is 0 Å². The molecule has 1 rings (SSSR count). The molecule has 19 heavy (non-hydrogen) atoms. The maximum absolute atomic E-state index is 12.5. The SMILES string of the molecule is COCCN(CCN)C(=O)c1cc(C)ccc1OC. The highest BCUT2D eigenvalue weighted by atomic mass is 16.5. The van der Waals surface area contributed by atoms with Crippen molar-refractivity contribution in [3.05, 3.63) is 29.3 Å². The number of nitrogens with two attached hydrogens (primary N) is 1. The molecule has 0 fully saturated rings. The van der Waals surface area contributed by atoms with Crippen molar-refractivity contribution in [2.24, 2.45) is 5.73 Å². The van der Waals surface area contributed by atoms with Crippen molar-refractivity contribution < 1.29 is 14.3 Å². The van der Waals surface area contributed by atoms with E-state index in [2.05, 4.69) is 0 Å². The van der Waals surface area contributed by atoms with Gasteiger partial charge in [0.05, 0.1) is 19.3 Å². The van der Waals surface area contributed by atoms with Crippen molar-refractivity contribution in [2.75, 3.05) is 40.5 Å². The quantitative estimate of drug-likeness (QED) is 0.801. The zero-order chi connectivity index (χ0) is 14.3. The van der Waals surface area contributed by atoms with E-state index in [1.807, 2.05) is 19.1 Å². The van der Waals surface area contributed by atoms with E-state index in [1.165, 1.54) is 0 Å². The molecule has 0 saturated carbocycles. The second kappa shape index (κ2) is 7.76. The summed E-state index contributed by atoms with van der Waals surface area (Å²) in [7, 11) is 3.17. The number of hydrogen-bond donors (Lipinski definition) is 1. The molecular weight excluding hydrogens is 244 g/mol. The Bertz CT molecular complexity index is 421. The number of ether oxygens (including phenoxy) is 2. The first kappa shape index (κ1) is 15.5. The second-order valence-corrected chi connectivity index (χ2v) is 4.28. The molecule has 5 heteroatoms. The summed E-state index contributed by atoms with van der Waals surface area (Å²) in [6.07, 6.45) is 0. The number of hydrogen-bond acceptors (Lipinski definition) is 4. The molecule has 1 aromatic rings. The van der Waals surface area contributed by atoms with E-state index in [-0.39, 0.29) is 5.91 Å². The average Bonchev–Trinajstić information content (AvgIpc) is 2.42. The second-order valence-electron chi connectivity index (χ2n) is 4.28. The van der Waals surface area contributed by atoms with Gasteiger partial charge >= 0.3 is 0 Å². The molecule has 0 atom stereocenters. The molecule has 0 unspecified atom stereocenters. The van der Waals surface area contributed by atoms with Gasteiger partial charge in [0, 0.05) is 26.7 Å². The summed E-state index contributed by atoms with van der Waals surface area (Å²) in [5.41, 5.74) is 7.13. The summed E-state index contributed by atoms with van der Waals surface area (Å²) in [4.78, 5) is 14.2. The minimum Gasteiger partial charge on any atom is -0.496 e. The Kier molecular flexibility index (Phi) is 6.32. The summed E-state index contributed by atoms with van der Waals surface area (Å²) in [5.74, 6) is 0.498. The highest BCUT2D eigenvalue weighted by Gasteiger charge is 2.19. The van der Waals surface area contributed by atoms with Crippen LogP contribution in [0.15, 0.2) is 18.2 Å². The number of carbonyl (C=O) groups excluding carboxylic acids is 1. The molecule has 5 nitrogen and oxygen atoms in total. The normalized spacial score (nSPS) is 10.3. The predicted molar refractivity (Wildman–Crippen MR) is 74.6 cm³/mol. The van der Waals surface area contributed by atoms with Gasteiger partial charge in [-0.1, -0.05) is 11.6 Å². The maximum Gasteiger partial charge on any atom is 0.257 e. The van der Waals surface area contributed by atoms with Gasteiger partial charge in [-0.25, -0.2) is 0 Å². The van der Waals surface area contributed by atoms with Gasteiger partial charge in [0.1, 0.15) is 5.75 Å². The molecule has 0 aliphatic carbocycles. The molecular formula is C14H22N2O3. The van der Waals surface area contributed by atoms with E-state index in [9.17, 15) is 4.79 Å². The number of methoxy groups -OCH3 is 2. The lowest BCUT2D eigenvalue weighted by atomic mass is 10.1. The first-order valence-electron chi connectivity index (χ1n) is 6.27. The van der Waals surface area contributed by atoms with Gasteiger partial charge in [-0.05, 0) is 19.1 Å². The van der Waals surface area contributed by atoms with Gasteiger partial charge < -0.3 is 20.1 Å². The van der Waals surface area contributed by atoms with Crippen LogP contribution in [-0.2, 0) is 4.74 Å². The molecule has 0 spiro atoms. The van der Waals surface area contributed by atoms with E-state index in [1.54, 1.807) is 25.2 Å². The molecule has 1 amide bonds. The Labute approximate surface area is 114 Å². The zero-order valence-corrected chi connectivity index (χ0v) is 11.8. The summed E-state index contributed by atoms with van der Waals surface area (Å²) >= 11 is 0. The number of carbonyl (C=O) groups is 1. The lowest BCUT2D eigenvalue weighted by molar-refractivity contribution is 0.0698. The van der Waals surface area contributed by atoms with Crippen LogP contribution in [0.4, 0.5) is 0 Å². The number of aryl methyl sites for hydroxylation is 1. The molecule has 0 radical (unpaired) electrons. The van der Waals surface area contributed by atoms with Crippen molar-refractivity contribution in [1.82, 2.24) is 4.90 Å². The Morgan fingerprint density at radius 1 is 1.32 bits per heavy atom. The Hall–Kier alpha value is -1.59. The molecule has 2 N–H and O–H groups in total. The van der Waals surface area contributed by atoms with Crippen LogP contribution in [0, 0.1) is 6.92 Å². The fraction of sp³-hybridized carbons (Fsp3) is 0.500. The first-order valence-corrected chi connectivity index (χ1v) is 6.27. The number of amides is 1. The third kappa shape index (κ3) is 4.22. The highest BCUT2D eigenvalue weighted by Crippen LogP contribution is 2.21. The fourth-order valence-electron chi connectivity index (χ4n) is 1.83. The lowest BCUT2D eigenvalue weighted by Gasteiger charge is -2.22. The maximum atomic E-state index is 12.5. The first-order chi connectivity index (χ1) is 9.13. The molecule has 0 saturated heterocycles. The van der Waals surface area contributed by atoms with Crippen LogP contribution in [0.3, 0.4) is 0 Å². The van der Waals surface area contributed by atoms with Crippen molar-refractivity contribution in [1.29, 1.82) is 0 Å². The van der Waals surface area contributed by atoms with Gasteiger partial charge in [-0.2, -0.15) is 0 Å². The number of benzene rings is 1. The Balaban J connectivity index is 2.97.